The molecule has 0 aromatic carbocycles. The van der Waals surface area contributed by atoms with Gasteiger partial charge in [-0.05, 0) is 31.6 Å². The Morgan fingerprint density at radius 3 is 2.57 bits per heavy atom. The average Bonchev–Trinajstić information content (AvgIpc) is 2.66. The second kappa shape index (κ2) is 5.28. The molecule has 0 N–H and O–H groups in total. The smallest absolute Gasteiger partial charge is 0.136 e. The summed E-state index contributed by atoms with van der Waals surface area (Å²) >= 11 is 0. The summed E-state index contributed by atoms with van der Waals surface area (Å²) in [5, 5.41) is 0. The van der Waals surface area contributed by atoms with Crippen LogP contribution in [-0.4, -0.2) is 6.10 Å². The predicted molar refractivity (Wildman–Crippen MR) is 60.9 cm³/mol. The average molecular weight is 188 g/mol. The normalized spacial score (nSPS) is 16.9. The van der Waals surface area contributed by atoms with Crippen LogP contribution in [-0.2, 0) is 4.74 Å². The van der Waals surface area contributed by atoms with E-state index in [9.17, 15) is 0 Å². The van der Waals surface area contributed by atoms with Crippen LogP contribution in [0.1, 0.15) is 13.8 Å². The van der Waals surface area contributed by atoms with Crippen molar-refractivity contribution in [2.45, 2.75) is 20.0 Å². The minimum atomic E-state index is 0.0523. The highest BCUT2D eigenvalue weighted by molar-refractivity contribution is 5.27. The lowest BCUT2D eigenvalue weighted by atomic mass is 10.2. The summed E-state index contributed by atoms with van der Waals surface area (Å²) in [5.74, 6) is 0.726. The zero-order valence-corrected chi connectivity index (χ0v) is 8.73. The fraction of sp³-hybridized carbons (Fsp3) is 0.231. The molecule has 0 bridgehead atoms. The van der Waals surface area contributed by atoms with Gasteiger partial charge in [0.05, 0.1) is 0 Å². The number of rotatable bonds is 4. The Hall–Kier alpha value is -1.50. The molecule has 1 nitrogen and oxygen atoms in total. The highest BCUT2D eigenvalue weighted by atomic mass is 16.5. The first-order chi connectivity index (χ1) is 6.74. The fourth-order valence-corrected chi connectivity index (χ4v) is 1.08. The molecule has 0 saturated heterocycles. The molecule has 1 rings (SSSR count). The van der Waals surface area contributed by atoms with E-state index in [2.05, 4.69) is 6.58 Å². The molecule has 74 valence electrons. The van der Waals surface area contributed by atoms with Gasteiger partial charge in [0.25, 0.3) is 0 Å². The lowest BCUT2D eigenvalue weighted by Crippen LogP contribution is -2.04. The van der Waals surface area contributed by atoms with Crippen molar-refractivity contribution in [3.8, 4) is 0 Å². The van der Waals surface area contributed by atoms with Gasteiger partial charge in [0.2, 0.25) is 0 Å². The number of hydrogen-bond acceptors (Lipinski definition) is 1. The Morgan fingerprint density at radius 1 is 1.36 bits per heavy atom. The Morgan fingerprint density at radius 2 is 2.00 bits per heavy atom. The molecule has 0 aromatic heterocycles. The predicted octanol–water partition coefficient (Wildman–Crippen LogP) is 3.53. The zero-order chi connectivity index (χ0) is 10.4. The molecule has 0 saturated carbocycles. The molecule has 0 amide bonds. The van der Waals surface area contributed by atoms with Crippen LogP contribution >= 0.6 is 0 Å². The zero-order valence-electron chi connectivity index (χ0n) is 8.73. The number of hydrogen-bond donors (Lipinski definition) is 0. The van der Waals surface area contributed by atoms with Gasteiger partial charge in [0, 0.05) is 0 Å². The summed E-state index contributed by atoms with van der Waals surface area (Å²) in [6, 6.07) is 0. The highest BCUT2D eigenvalue weighted by Crippen LogP contribution is 2.15. The van der Waals surface area contributed by atoms with E-state index in [1.54, 1.807) is 0 Å². The van der Waals surface area contributed by atoms with E-state index in [1.807, 2.05) is 56.4 Å². The third-order valence-corrected chi connectivity index (χ3v) is 1.97. The van der Waals surface area contributed by atoms with Crippen molar-refractivity contribution in [3.05, 3.63) is 60.4 Å². The van der Waals surface area contributed by atoms with E-state index in [0.717, 1.165) is 11.3 Å². The Kier molecular flexibility index (Phi) is 3.99. The van der Waals surface area contributed by atoms with Crippen LogP contribution in [0.3, 0.4) is 0 Å². The van der Waals surface area contributed by atoms with Crippen molar-refractivity contribution in [1.29, 1.82) is 0 Å². The lowest BCUT2D eigenvalue weighted by molar-refractivity contribution is 0.202. The van der Waals surface area contributed by atoms with Crippen LogP contribution in [0, 0.1) is 0 Å². The summed E-state index contributed by atoms with van der Waals surface area (Å²) in [6.45, 7) is 7.85. The van der Waals surface area contributed by atoms with Gasteiger partial charge in [0.15, 0.2) is 0 Å². The minimum absolute atomic E-state index is 0.0523. The van der Waals surface area contributed by atoms with Crippen molar-refractivity contribution in [3.63, 3.8) is 0 Å². The van der Waals surface area contributed by atoms with Gasteiger partial charge in [-0.3, -0.25) is 0 Å². The van der Waals surface area contributed by atoms with Gasteiger partial charge < -0.3 is 4.74 Å². The van der Waals surface area contributed by atoms with E-state index in [-0.39, 0.29) is 6.10 Å². The fourth-order valence-electron chi connectivity index (χ4n) is 1.08. The van der Waals surface area contributed by atoms with E-state index in [1.165, 1.54) is 0 Å². The van der Waals surface area contributed by atoms with Crippen LogP contribution in [0.25, 0.3) is 0 Å². The summed E-state index contributed by atoms with van der Waals surface area (Å²) < 4.78 is 5.60. The maximum absolute atomic E-state index is 5.60. The van der Waals surface area contributed by atoms with Gasteiger partial charge in [-0.1, -0.05) is 37.0 Å². The molecule has 0 aromatic rings. The molecule has 0 aliphatic heterocycles. The second-order valence-corrected chi connectivity index (χ2v) is 3.15. The molecule has 0 unspecified atom stereocenters. The first-order valence-electron chi connectivity index (χ1n) is 4.74. The van der Waals surface area contributed by atoms with Gasteiger partial charge in [-0.15, -0.1) is 0 Å². The number of ether oxygens (including phenoxy) is 1. The van der Waals surface area contributed by atoms with Crippen LogP contribution in [0.15, 0.2) is 60.4 Å². The molecule has 1 heteroatoms. The van der Waals surface area contributed by atoms with Crippen molar-refractivity contribution in [2.75, 3.05) is 0 Å². The molecule has 0 fully saturated rings. The van der Waals surface area contributed by atoms with Crippen molar-refractivity contribution in [2.24, 2.45) is 0 Å². The van der Waals surface area contributed by atoms with E-state index in [4.69, 9.17) is 4.74 Å². The summed E-state index contributed by atoms with van der Waals surface area (Å²) in [7, 11) is 0. The topological polar surface area (TPSA) is 9.23 Å². The molecule has 0 radical (unpaired) electrons. The quantitative estimate of drug-likeness (QED) is 0.484. The van der Waals surface area contributed by atoms with Gasteiger partial charge in [-0.2, -0.15) is 0 Å². The van der Waals surface area contributed by atoms with E-state index < -0.39 is 0 Å². The van der Waals surface area contributed by atoms with Crippen molar-refractivity contribution in [1.82, 2.24) is 0 Å². The minimum Gasteiger partial charge on any atom is -0.483 e. The molecule has 1 aliphatic rings. The first-order valence-corrected chi connectivity index (χ1v) is 4.74. The Balaban J connectivity index is 2.49. The molecular weight excluding hydrogens is 172 g/mol. The second-order valence-electron chi connectivity index (χ2n) is 3.15. The first kappa shape index (κ1) is 10.6. The Bertz CT molecular complexity index is 304. The maximum Gasteiger partial charge on any atom is 0.136 e. The standard InChI is InChI=1S/C13H16O/c1-4-5-8-11(2)12(3)14-13-9-6-7-10-13/h4-10,13H,3H2,1-2H3/b5-4-,11-8-. The largest absolute Gasteiger partial charge is 0.483 e. The molecule has 0 atom stereocenters. The third kappa shape index (κ3) is 3.09. The van der Waals surface area contributed by atoms with Crippen molar-refractivity contribution >= 4 is 0 Å². The molecule has 0 heterocycles. The Labute approximate surface area is 85.8 Å². The van der Waals surface area contributed by atoms with Crippen LogP contribution in [0.5, 0.6) is 0 Å². The van der Waals surface area contributed by atoms with E-state index >= 15 is 0 Å². The molecule has 1 aliphatic carbocycles. The van der Waals surface area contributed by atoms with Crippen molar-refractivity contribution < 1.29 is 4.74 Å². The lowest BCUT2D eigenvalue weighted by Gasteiger charge is -2.12. The SMILES string of the molecule is C=C(OC1C=CC=C1)/C(C)=C\C=C/C. The van der Waals surface area contributed by atoms with E-state index in [0.29, 0.717) is 0 Å². The highest BCUT2D eigenvalue weighted by Gasteiger charge is 2.06. The van der Waals surface area contributed by atoms with Crippen LogP contribution in [0.4, 0.5) is 0 Å². The van der Waals surface area contributed by atoms with Gasteiger partial charge >= 0.3 is 0 Å². The summed E-state index contributed by atoms with van der Waals surface area (Å²) in [5.41, 5.74) is 1.05. The van der Waals surface area contributed by atoms with Crippen LogP contribution < -0.4 is 0 Å². The monoisotopic (exact) mass is 188 g/mol. The van der Waals surface area contributed by atoms with Gasteiger partial charge in [0.1, 0.15) is 11.9 Å². The van der Waals surface area contributed by atoms with Gasteiger partial charge in [-0.25, -0.2) is 0 Å². The number of allylic oxidation sites excluding steroid dienone is 6. The summed E-state index contributed by atoms with van der Waals surface area (Å²) in [6.07, 6.45) is 13.9. The summed E-state index contributed by atoms with van der Waals surface area (Å²) in [4.78, 5) is 0. The molecule has 0 spiro atoms. The third-order valence-electron chi connectivity index (χ3n) is 1.97. The maximum atomic E-state index is 5.60. The molecular formula is C13H16O. The van der Waals surface area contributed by atoms with Crippen LogP contribution in [0.2, 0.25) is 0 Å². The molecule has 14 heavy (non-hydrogen) atoms.